The van der Waals surface area contributed by atoms with Crippen LogP contribution in [0.1, 0.15) is 42.6 Å². The number of amides is 1. The van der Waals surface area contributed by atoms with Crippen LogP contribution in [0.2, 0.25) is 0 Å². The van der Waals surface area contributed by atoms with Gasteiger partial charge in [0.2, 0.25) is 0 Å². The monoisotopic (exact) mass is 427 g/mol. The van der Waals surface area contributed by atoms with E-state index in [2.05, 4.69) is 10.6 Å². The summed E-state index contributed by atoms with van der Waals surface area (Å²) in [6.45, 7) is 5.51. The van der Waals surface area contributed by atoms with Gasteiger partial charge in [0.05, 0.1) is 19.3 Å². The van der Waals surface area contributed by atoms with Gasteiger partial charge in [-0.2, -0.15) is 0 Å². The van der Waals surface area contributed by atoms with Gasteiger partial charge in [-0.3, -0.25) is 4.79 Å². The highest BCUT2D eigenvalue weighted by atomic mass is 16.5. The number of carbonyl (C=O) groups excluding carboxylic acids is 1. The molecular weight excluding hydrogens is 394 g/mol. The number of rotatable bonds is 12. The second-order valence-electron chi connectivity index (χ2n) is 8.13. The summed E-state index contributed by atoms with van der Waals surface area (Å²) in [5.74, 6) is 1.92. The van der Waals surface area contributed by atoms with E-state index in [1.807, 2.05) is 44.2 Å². The quantitative estimate of drug-likeness (QED) is 0.482. The largest absolute Gasteiger partial charge is 0.497 e. The molecule has 2 aromatic rings. The Labute approximate surface area is 184 Å². The Kier molecular flexibility index (Phi) is 8.14. The minimum atomic E-state index is -0.216. The summed E-state index contributed by atoms with van der Waals surface area (Å²) in [7, 11) is 1.65. The van der Waals surface area contributed by atoms with Gasteiger partial charge in [0, 0.05) is 37.3 Å². The van der Waals surface area contributed by atoms with Crippen molar-refractivity contribution >= 4 is 5.91 Å². The third-order valence-corrected chi connectivity index (χ3v) is 4.74. The number of benzene rings is 2. The van der Waals surface area contributed by atoms with E-state index >= 15 is 0 Å². The van der Waals surface area contributed by atoms with Crippen LogP contribution in [0.5, 0.6) is 17.2 Å². The van der Waals surface area contributed by atoms with Gasteiger partial charge in [-0.15, -0.1) is 0 Å². The Bertz CT molecular complexity index is 845. The van der Waals surface area contributed by atoms with Crippen LogP contribution in [-0.2, 0) is 6.54 Å². The molecule has 3 rings (SSSR count). The maximum Gasteiger partial charge on any atom is 0.251 e. The zero-order valence-corrected chi connectivity index (χ0v) is 18.5. The molecule has 7 heteroatoms. The second-order valence-corrected chi connectivity index (χ2v) is 8.13. The first kappa shape index (κ1) is 22.9. The molecule has 0 spiro atoms. The minimum absolute atomic E-state index is 0.0103. The summed E-state index contributed by atoms with van der Waals surface area (Å²) >= 11 is 0. The van der Waals surface area contributed by atoms with E-state index in [9.17, 15) is 4.79 Å². The zero-order valence-electron chi connectivity index (χ0n) is 18.5. The van der Waals surface area contributed by atoms with E-state index in [-0.39, 0.29) is 24.2 Å². The number of carbonyl (C=O) groups is 1. The van der Waals surface area contributed by atoms with Gasteiger partial charge >= 0.3 is 0 Å². The van der Waals surface area contributed by atoms with E-state index in [4.69, 9.17) is 19.9 Å². The molecular formula is C24H33N3O4. The molecule has 1 unspecified atom stereocenters. The van der Waals surface area contributed by atoms with Gasteiger partial charge in [-0.1, -0.05) is 12.1 Å². The Hall–Kier alpha value is -2.77. The zero-order chi connectivity index (χ0) is 22.2. The number of nitrogens with two attached hydrogens (primary N) is 1. The fourth-order valence-electron chi connectivity index (χ4n) is 3.07. The van der Waals surface area contributed by atoms with Crippen molar-refractivity contribution in [3.63, 3.8) is 0 Å². The Morgan fingerprint density at radius 2 is 1.87 bits per heavy atom. The van der Waals surface area contributed by atoms with Gasteiger partial charge < -0.3 is 30.6 Å². The first-order valence-corrected chi connectivity index (χ1v) is 10.8. The fourth-order valence-corrected chi connectivity index (χ4v) is 3.07. The summed E-state index contributed by atoms with van der Waals surface area (Å²) in [6, 6.07) is 13.0. The molecule has 0 aromatic heterocycles. The highest BCUT2D eigenvalue weighted by molar-refractivity contribution is 5.95. The number of nitrogens with one attached hydrogen (secondary N) is 2. The average molecular weight is 428 g/mol. The Morgan fingerprint density at radius 3 is 2.58 bits per heavy atom. The van der Waals surface area contributed by atoms with Crippen molar-refractivity contribution in [3.05, 3.63) is 53.6 Å². The molecule has 1 saturated carbocycles. The topological polar surface area (TPSA) is 94.8 Å². The van der Waals surface area contributed by atoms with E-state index in [1.165, 1.54) is 0 Å². The molecule has 31 heavy (non-hydrogen) atoms. The summed E-state index contributed by atoms with van der Waals surface area (Å²) in [6.07, 6.45) is 2.36. The molecule has 168 valence electrons. The molecule has 2 aromatic carbocycles. The highest BCUT2D eigenvalue weighted by Crippen LogP contribution is 2.30. The molecule has 1 aliphatic carbocycles. The average Bonchev–Trinajstić information content (AvgIpc) is 3.55. The lowest BCUT2D eigenvalue weighted by Gasteiger charge is -2.16. The number of ether oxygens (including phenoxy) is 3. The summed E-state index contributed by atoms with van der Waals surface area (Å²) in [5.41, 5.74) is 7.79. The van der Waals surface area contributed by atoms with Gasteiger partial charge in [0.1, 0.15) is 17.2 Å². The minimum Gasteiger partial charge on any atom is -0.497 e. The molecule has 1 fully saturated rings. The van der Waals surface area contributed by atoms with Crippen LogP contribution in [-0.4, -0.2) is 44.4 Å². The Morgan fingerprint density at radius 1 is 1.10 bits per heavy atom. The van der Waals surface area contributed by atoms with Crippen LogP contribution in [0.25, 0.3) is 0 Å². The van der Waals surface area contributed by atoms with Crippen LogP contribution < -0.4 is 30.6 Å². The van der Waals surface area contributed by atoms with Crippen LogP contribution >= 0.6 is 0 Å². The standard InChI is InChI=1S/C24H33N3O4/c1-16(2)30-22-10-18(11-23(12-22)31-20-7-8-20)24(28)27-15-19(25)14-26-13-17-5-4-6-21(9-17)29-3/h4-6,9-12,16,19-20,26H,7-8,13-15,25H2,1-3H3,(H,27,28). The predicted octanol–water partition coefficient (Wildman–Crippen LogP) is 2.87. The molecule has 7 nitrogen and oxygen atoms in total. The predicted molar refractivity (Wildman–Crippen MR) is 121 cm³/mol. The molecule has 1 aliphatic rings. The molecule has 0 bridgehead atoms. The van der Waals surface area contributed by atoms with Crippen molar-refractivity contribution in [2.75, 3.05) is 20.2 Å². The smallest absolute Gasteiger partial charge is 0.251 e. The fraction of sp³-hybridized carbons (Fsp3) is 0.458. The molecule has 0 aliphatic heterocycles. The number of methoxy groups -OCH3 is 1. The lowest BCUT2D eigenvalue weighted by atomic mass is 10.1. The molecule has 0 saturated heterocycles. The van der Waals surface area contributed by atoms with Crippen molar-refractivity contribution in [3.8, 4) is 17.2 Å². The first-order chi connectivity index (χ1) is 14.9. The lowest BCUT2D eigenvalue weighted by Crippen LogP contribution is -2.43. The number of hydrogen-bond donors (Lipinski definition) is 3. The lowest BCUT2D eigenvalue weighted by molar-refractivity contribution is 0.0949. The second kappa shape index (κ2) is 11.0. The molecule has 0 heterocycles. The van der Waals surface area contributed by atoms with Gasteiger partial charge in [0.15, 0.2) is 0 Å². The summed E-state index contributed by atoms with van der Waals surface area (Å²) < 4.78 is 16.9. The van der Waals surface area contributed by atoms with Crippen LogP contribution in [0.15, 0.2) is 42.5 Å². The van der Waals surface area contributed by atoms with Crippen molar-refractivity contribution in [2.45, 2.75) is 51.5 Å². The molecule has 1 amide bonds. The Balaban J connectivity index is 1.49. The molecule has 4 N–H and O–H groups in total. The first-order valence-electron chi connectivity index (χ1n) is 10.8. The van der Waals surface area contributed by atoms with Crippen LogP contribution in [0, 0.1) is 0 Å². The van der Waals surface area contributed by atoms with Crippen molar-refractivity contribution < 1.29 is 19.0 Å². The van der Waals surface area contributed by atoms with Crippen molar-refractivity contribution in [2.24, 2.45) is 5.73 Å². The van der Waals surface area contributed by atoms with E-state index in [0.717, 1.165) is 24.2 Å². The maximum absolute atomic E-state index is 12.7. The van der Waals surface area contributed by atoms with Crippen LogP contribution in [0.3, 0.4) is 0 Å². The normalized spacial score (nSPS) is 14.2. The van der Waals surface area contributed by atoms with E-state index < -0.39 is 0 Å². The van der Waals surface area contributed by atoms with Crippen molar-refractivity contribution in [1.82, 2.24) is 10.6 Å². The molecule has 0 radical (unpaired) electrons. The highest BCUT2D eigenvalue weighted by Gasteiger charge is 2.24. The van der Waals surface area contributed by atoms with E-state index in [1.54, 1.807) is 19.2 Å². The molecule has 1 atom stereocenters. The summed E-state index contributed by atoms with van der Waals surface area (Å²) in [4.78, 5) is 12.7. The number of hydrogen-bond acceptors (Lipinski definition) is 6. The van der Waals surface area contributed by atoms with E-state index in [0.29, 0.717) is 36.7 Å². The van der Waals surface area contributed by atoms with Gasteiger partial charge in [-0.05, 0) is 56.5 Å². The third kappa shape index (κ3) is 7.77. The van der Waals surface area contributed by atoms with Gasteiger partial charge in [0.25, 0.3) is 5.91 Å². The third-order valence-electron chi connectivity index (χ3n) is 4.74. The maximum atomic E-state index is 12.7. The van der Waals surface area contributed by atoms with Crippen molar-refractivity contribution in [1.29, 1.82) is 0 Å². The van der Waals surface area contributed by atoms with Crippen LogP contribution in [0.4, 0.5) is 0 Å². The van der Waals surface area contributed by atoms with Gasteiger partial charge in [-0.25, -0.2) is 0 Å². The summed E-state index contributed by atoms with van der Waals surface area (Å²) in [5, 5.41) is 6.22. The SMILES string of the molecule is COc1cccc(CNCC(N)CNC(=O)c2cc(OC(C)C)cc(OC3CC3)c2)c1.